The average Bonchev–Trinajstić information content (AvgIpc) is 2.56. The molecule has 1 aromatic heterocycles. The molecule has 5 nitrogen and oxygen atoms in total. The van der Waals surface area contributed by atoms with Crippen molar-refractivity contribution in [1.29, 1.82) is 0 Å². The molecule has 21 heavy (non-hydrogen) atoms. The first kappa shape index (κ1) is 13.6. The summed E-state index contributed by atoms with van der Waals surface area (Å²) in [6.07, 6.45) is 3.48. The fraction of sp³-hybridized carbons (Fsp3) is 0.333. The molecule has 1 saturated heterocycles. The summed E-state index contributed by atoms with van der Waals surface area (Å²) in [4.78, 5) is 12.8. The molecule has 2 aromatic rings. The minimum absolute atomic E-state index is 0.250. The smallest absolute Gasteiger partial charge is 0.225 e. The molecular weight excluding hydrogens is 271 g/mol. The van der Waals surface area contributed by atoms with Gasteiger partial charge in [0, 0.05) is 44.6 Å². The van der Waals surface area contributed by atoms with Crippen molar-refractivity contribution in [3.8, 4) is 5.75 Å². The highest BCUT2D eigenvalue weighted by Gasteiger charge is 2.21. The van der Waals surface area contributed by atoms with Crippen molar-refractivity contribution in [1.82, 2.24) is 9.97 Å². The molecule has 0 N–H and O–H groups in total. The number of benzene rings is 1. The Kier molecular flexibility index (Phi) is 3.85. The number of rotatable bonds is 3. The zero-order valence-electron chi connectivity index (χ0n) is 11.9. The summed E-state index contributed by atoms with van der Waals surface area (Å²) in [7, 11) is 1.60. The van der Waals surface area contributed by atoms with E-state index in [9.17, 15) is 4.39 Å². The van der Waals surface area contributed by atoms with Crippen molar-refractivity contribution in [2.45, 2.75) is 0 Å². The van der Waals surface area contributed by atoms with Crippen LogP contribution >= 0.6 is 0 Å². The van der Waals surface area contributed by atoms with Crippen LogP contribution in [0.25, 0.3) is 0 Å². The van der Waals surface area contributed by atoms with Crippen molar-refractivity contribution >= 4 is 11.6 Å². The molecule has 0 saturated carbocycles. The van der Waals surface area contributed by atoms with E-state index in [-0.39, 0.29) is 5.82 Å². The first-order valence-electron chi connectivity index (χ1n) is 6.88. The normalized spacial score (nSPS) is 15.1. The van der Waals surface area contributed by atoms with E-state index in [0.717, 1.165) is 37.8 Å². The summed E-state index contributed by atoms with van der Waals surface area (Å²) in [6.45, 7) is 3.14. The topological polar surface area (TPSA) is 41.5 Å². The van der Waals surface area contributed by atoms with Gasteiger partial charge < -0.3 is 14.5 Å². The first-order chi connectivity index (χ1) is 10.3. The number of nitrogens with zero attached hydrogens (tertiary/aromatic N) is 4. The summed E-state index contributed by atoms with van der Waals surface area (Å²) in [5, 5.41) is 0. The number of hydrogen-bond acceptors (Lipinski definition) is 5. The molecule has 0 spiro atoms. The molecule has 0 amide bonds. The Balaban J connectivity index is 1.73. The summed E-state index contributed by atoms with van der Waals surface area (Å²) in [6, 6.07) is 6.40. The van der Waals surface area contributed by atoms with Gasteiger partial charge in [-0.1, -0.05) is 0 Å². The number of ether oxygens (including phenoxy) is 1. The van der Waals surface area contributed by atoms with E-state index < -0.39 is 0 Å². The van der Waals surface area contributed by atoms with E-state index in [0.29, 0.717) is 5.75 Å². The monoisotopic (exact) mass is 288 g/mol. The highest BCUT2D eigenvalue weighted by molar-refractivity contribution is 5.59. The fourth-order valence-corrected chi connectivity index (χ4v) is 2.51. The number of hydrogen-bond donors (Lipinski definition) is 0. The molecule has 0 unspecified atom stereocenters. The highest BCUT2D eigenvalue weighted by Crippen LogP contribution is 2.30. The lowest BCUT2D eigenvalue weighted by Gasteiger charge is -2.36. The van der Waals surface area contributed by atoms with E-state index in [2.05, 4.69) is 19.8 Å². The summed E-state index contributed by atoms with van der Waals surface area (Å²) in [5.41, 5.74) is 0.797. The highest BCUT2D eigenvalue weighted by atomic mass is 19.1. The van der Waals surface area contributed by atoms with E-state index in [1.54, 1.807) is 31.6 Å². The Labute approximate surface area is 123 Å². The predicted molar refractivity (Wildman–Crippen MR) is 79.4 cm³/mol. The number of piperazine rings is 1. The largest absolute Gasteiger partial charge is 0.495 e. The SMILES string of the molecule is COc1ccc(F)cc1N1CCN(c2ncccn2)CC1. The first-order valence-corrected chi connectivity index (χ1v) is 6.88. The molecule has 1 aliphatic rings. The Morgan fingerprint density at radius 1 is 1.05 bits per heavy atom. The quantitative estimate of drug-likeness (QED) is 0.863. The molecule has 0 bridgehead atoms. The maximum Gasteiger partial charge on any atom is 0.225 e. The van der Waals surface area contributed by atoms with Gasteiger partial charge in [0.1, 0.15) is 11.6 Å². The van der Waals surface area contributed by atoms with Gasteiger partial charge in [0.2, 0.25) is 5.95 Å². The van der Waals surface area contributed by atoms with Crippen LogP contribution in [0.3, 0.4) is 0 Å². The van der Waals surface area contributed by atoms with Crippen LogP contribution in [0.1, 0.15) is 0 Å². The lowest BCUT2D eigenvalue weighted by Crippen LogP contribution is -2.47. The third-order valence-corrected chi connectivity index (χ3v) is 3.60. The van der Waals surface area contributed by atoms with Gasteiger partial charge in [-0.25, -0.2) is 14.4 Å². The van der Waals surface area contributed by atoms with Crippen LogP contribution in [-0.4, -0.2) is 43.3 Å². The van der Waals surface area contributed by atoms with Crippen molar-refractivity contribution < 1.29 is 9.13 Å². The molecule has 0 radical (unpaired) electrons. The fourth-order valence-electron chi connectivity index (χ4n) is 2.51. The molecule has 110 valence electrons. The number of aromatic nitrogens is 2. The van der Waals surface area contributed by atoms with Crippen molar-refractivity contribution in [3.63, 3.8) is 0 Å². The maximum atomic E-state index is 13.5. The molecule has 0 aliphatic carbocycles. The molecule has 1 aliphatic heterocycles. The third kappa shape index (κ3) is 2.89. The lowest BCUT2D eigenvalue weighted by atomic mass is 10.2. The zero-order valence-corrected chi connectivity index (χ0v) is 11.9. The molecule has 1 aromatic carbocycles. The van der Waals surface area contributed by atoms with Gasteiger partial charge in [0.15, 0.2) is 0 Å². The van der Waals surface area contributed by atoms with Crippen LogP contribution < -0.4 is 14.5 Å². The van der Waals surface area contributed by atoms with Gasteiger partial charge in [0.05, 0.1) is 12.8 Å². The number of methoxy groups -OCH3 is 1. The second-order valence-electron chi connectivity index (χ2n) is 4.84. The van der Waals surface area contributed by atoms with Crippen LogP contribution in [0.15, 0.2) is 36.7 Å². The van der Waals surface area contributed by atoms with E-state index in [4.69, 9.17) is 4.74 Å². The zero-order chi connectivity index (χ0) is 14.7. The maximum absolute atomic E-state index is 13.5. The van der Waals surface area contributed by atoms with Gasteiger partial charge in [-0.15, -0.1) is 0 Å². The van der Waals surface area contributed by atoms with Crippen LogP contribution in [-0.2, 0) is 0 Å². The van der Waals surface area contributed by atoms with Crippen molar-refractivity contribution in [3.05, 3.63) is 42.5 Å². The average molecular weight is 288 g/mol. The predicted octanol–water partition coefficient (Wildman–Crippen LogP) is 1.95. The van der Waals surface area contributed by atoms with Gasteiger partial charge in [-0.3, -0.25) is 0 Å². The third-order valence-electron chi connectivity index (χ3n) is 3.60. The second-order valence-corrected chi connectivity index (χ2v) is 4.84. The summed E-state index contributed by atoms with van der Waals surface area (Å²) >= 11 is 0. The Morgan fingerprint density at radius 3 is 2.38 bits per heavy atom. The van der Waals surface area contributed by atoms with Gasteiger partial charge in [-0.05, 0) is 18.2 Å². The van der Waals surface area contributed by atoms with Crippen LogP contribution in [0.5, 0.6) is 5.75 Å². The van der Waals surface area contributed by atoms with Crippen LogP contribution in [0.2, 0.25) is 0 Å². The second kappa shape index (κ2) is 5.95. The minimum atomic E-state index is -0.250. The van der Waals surface area contributed by atoms with Crippen molar-refractivity contribution in [2.75, 3.05) is 43.1 Å². The Bertz CT molecular complexity index is 600. The van der Waals surface area contributed by atoms with Crippen LogP contribution in [0, 0.1) is 5.82 Å². The molecule has 6 heteroatoms. The number of anilines is 2. The van der Waals surface area contributed by atoms with Crippen molar-refractivity contribution in [2.24, 2.45) is 0 Å². The Hall–Kier alpha value is -2.37. The molecule has 2 heterocycles. The van der Waals surface area contributed by atoms with Crippen LogP contribution in [0.4, 0.5) is 16.0 Å². The molecule has 3 rings (SSSR count). The van der Waals surface area contributed by atoms with Gasteiger partial charge in [0.25, 0.3) is 0 Å². The van der Waals surface area contributed by atoms with Gasteiger partial charge in [-0.2, -0.15) is 0 Å². The summed E-state index contributed by atoms with van der Waals surface area (Å²) < 4.78 is 18.8. The van der Waals surface area contributed by atoms with Gasteiger partial charge >= 0.3 is 0 Å². The summed E-state index contributed by atoms with van der Waals surface area (Å²) in [5.74, 6) is 1.18. The molecule has 0 atom stereocenters. The number of halogens is 1. The molecule has 1 fully saturated rings. The van der Waals surface area contributed by atoms with E-state index in [1.807, 2.05) is 0 Å². The van der Waals surface area contributed by atoms with E-state index >= 15 is 0 Å². The standard InChI is InChI=1S/C15H17FN4O/c1-21-14-4-3-12(16)11-13(14)19-7-9-20(10-8-19)15-17-5-2-6-18-15/h2-6,11H,7-10H2,1H3. The lowest BCUT2D eigenvalue weighted by molar-refractivity contribution is 0.412. The van der Waals surface area contributed by atoms with E-state index in [1.165, 1.54) is 12.1 Å². The molecular formula is C15H17FN4O. The Morgan fingerprint density at radius 2 is 1.71 bits per heavy atom. The minimum Gasteiger partial charge on any atom is -0.495 e.